The van der Waals surface area contributed by atoms with Gasteiger partial charge in [-0.25, -0.2) is 13.1 Å². The lowest BCUT2D eigenvalue weighted by atomic mass is 10.2. The Morgan fingerprint density at radius 3 is 2.78 bits per heavy atom. The van der Waals surface area contributed by atoms with Crippen molar-refractivity contribution in [1.29, 1.82) is 0 Å². The number of thiophene rings is 1. The molecule has 0 aliphatic heterocycles. The first-order valence-corrected chi connectivity index (χ1v) is 7.76. The number of sulfonamides is 1. The van der Waals surface area contributed by atoms with Crippen LogP contribution in [0.3, 0.4) is 0 Å². The number of hydrogen-bond donors (Lipinski definition) is 3. The van der Waals surface area contributed by atoms with Crippen LogP contribution >= 0.6 is 11.3 Å². The molecule has 0 aromatic carbocycles. The molecule has 0 saturated carbocycles. The zero-order chi connectivity index (χ0) is 13.8. The van der Waals surface area contributed by atoms with Crippen molar-refractivity contribution in [3.63, 3.8) is 0 Å². The van der Waals surface area contributed by atoms with E-state index >= 15 is 0 Å². The van der Waals surface area contributed by atoms with E-state index < -0.39 is 16.1 Å². The van der Waals surface area contributed by atoms with E-state index in [9.17, 15) is 8.42 Å². The molecule has 1 rings (SSSR count). The van der Waals surface area contributed by atoms with Gasteiger partial charge in [0.15, 0.2) is 0 Å². The molecule has 1 atom stereocenters. The average molecular weight is 291 g/mol. The standard InChI is InChI=1S/C10H17N3O3S2/c1-3-8-4-5-10(17-8)18(15,16)13-7(2)6-9(11)12-14/h4-5,7,13-14H,3,6H2,1-2H3,(H2,11,12). The van der Waals surface area contributed by atoms with Crippen molar-refractivity contribution in [1.82, 2.24) is 4.72 Å². The Hall–Kier alpha value is -1.12. The largest absolute Gasteiger partial charge is 0.409 e. The molecule has 0 spiro atoms. The van der Waals surface area contributed by atoms with Gasteiger partial charge in [0.05, 0.1) is 0 Å². The molecule has 0 aliphatic rings. The first-order chi connectivity index (χ1) is 8.39. The maximum atomic E-state index is 12.0. The van der Waals surface area contributed by atoms with Crippen molar-refractivity contribution in [3.8, 4) is 0 Å². The van der Waals surface area contributed by atoms with Gasteiger partial charge in [0, 0.05) is 17.3 Å². The van der Waals surface area contributed by atoms with Gasteiger partial charge in [0.1, 0.15) is 10.0 Å². The predicted octanol–water partition coefficient (Wildman–Crippen LogP) is 1.11. The van der Waals surface area contributed by atoms with E-state index in [1.165, 1.54) is 11.3 Å². The summed E-state index contributed by atoms with van der Waals surface area (Å²) in [4.78, 5) is 1.01. The summed E-state index contributed by atoms with van der Waals surface area (Å²) in [6.07, 6.45) is 0.960. The van der Waals surface area contributed by atoms with Crippen molar-refractivity contribution in [2.45, 2.75) is 36.9 Å². The molecule has 0 amide bonds. The number of hydrogen-bond acceptors (Lipinski definition) is 5. The second-order valence-electron chi connectivity index (χ2n) is 3.89. The van der Waals surface area contributed by atoms with Crippen molar-refractivity contribution < 1.29 is 13.6 Å². The van der Waals surface area contributed by atoms with Crippen LogP contribution in [0.2, 0.25) is 0 Å². The highest BCUT2D eigenvalue weighted by molar-refractivity contribution is 7.91. The molecular formula is C10H17N3O3S2. The summed E-state index contributed by atoms with van der Waals surface area (Å²) in [6, 6.07) is 2.95. The van der Waals surface area contributed by atoms with E-state index in [4.69, 9.17) is 10.9 Å². The third kappa shape index (κ3) is 3.97. The predicted molar refractivity (Wildman–Crippen MR) is 71.5 cm³/mol. The van der Waals surface area contributed by atoms with Crippen LogP contribution in [0.15, 0.2) is 21.5 Å². The fourth-order valence-corrected chi connectivity index (χ4v) is 3.97. The third-order valence-electron chi connectivity index (χ3n) is 2.25. The summed E-state index contributed by atoms with van der Waals surface area (Å²) in [5, 5.41) is 11.2. The number of rotatable bonds is 6. The Labute approximate surface area is 111 Å². The summed E-state index contributed by atoms with van der Waals surface area (Å²) >= 11 is 1.25. The molecule has 102 valence electrons. The van der Waals surface area contributed by atoms with Crippen molar-refractivity contribution in [3.05, 3.63) is 17.0 Å². The highest BCUT2D eigenvalue weighted by atomic mass is 32.2. The number of nitrogens with zero attached hydrogens (tertiary/aromatic N) is 1. The van der Waals surface area contributed by atoms with Gasteiger partial charge in [-0.3, -0.25) is 0 Å². The molecule has 0 aliphatic carbocycles. The highest BCUT2D eigenvalue weighted by Crippen LogP contribution is 2.22. The maximum absolute atomic E-state index is 12.0. The molecule has 1 aromatic rings. The zero-order valence-electron chi connectivity index (χ0n) is 10.3. The minimum atomic E-state index is -3.53. The van der Waals surface area contributed by atoms with Crippen LogP contribution < -0.4 is 10.5 Å². The summed E-state index contributed by atoms with van der Waals surface area (Å²) in [6.45, 7) is 3.63. The smallest absolute Gasteiger partial charge is 0.250 e. The van der Waals surface area contributed by atoms with E-state index in [1.807, 2.05) is 6.92 Å². The molecule has 1 heterocycles. The molecule has 0 bridgehead atoms. The van der Waals surface area contributed by atoms with E-state index in [0.717, 1.165) is 11.3 Å². The molecule has 8 heteroatoms. The monoisotopic (exact) mass is 291 g/mol. The zero-order valence-corrected chi connectivity index (χ0v) is 11.9. The van der Waals surface area contributed by atoms with Gasteiger partial charge in [-0.2, -0.15) is 0 Å². The molecule has 1 unspecified atom stereocenters. The number of nitrogens with two attached hydrogens (primary N) is 1. The molecule has 18 heavy (non-hydrogen) atoms. The van der Waals surface area contributed by atoms with Crippen LogP contribution in [0.25, 0.3) is 0 Å². The van der Waals surface area contributed by atoms with Crippen LogP contribution in [0.1, 0.15) is 25.1 Å². The lowest BCUT2D eigenvalue weighted by Crippen LogP contribution is -2.35. The summed E-state index contributed by atoms with van der Waals surface area (Å²) in [5.74, 6) is -0.00868. The second kappa shape index (κ2) is 6.17. The van der Waals surface area contributed by atoms with Gasteiger partial charge in [0.2, 0.25) is 10.0 Å². The van der Waals surface area contributed by atoms with E-state index in [-0.39, 0.29) is 16.5 Å². The first kappa shape index (κ1) is 14.9. The lowest BCUT2D eigenvalue weighted by Gasteiger charge is -2.12. The van der Waals surface area contributed by atoms with E-state index in [0.29, 0.717) is 0 Å². The molecule has 6 nitrogen and oxygen atoms in total. The number of amidine groups is 1. The van der Waals surface area contributed by atoms with Gasteiger partial charge in [-0.1, -0.05) is 12.1 Å². The minimum absolute atomic E-state index is 0.00868. The van der Waals surface area contributed by atoms with Crippen LogP contribution in [-0.2, 0) is 16.4 Å². The molecule has 0 radical (unpaired) electrons. The Bertz CT molecular complexity index is 522. The molecule has 1 aromatic heterocycles. The number of aryl methyl sites for hydroxylation is 1. The second-order valence-corrected chi connectivity index (χ2v) is 7.00. The fourth-order valence-electron chi connectivity index (χ4n) is 1.41. The minimum Gasteiger partial charge on any atom is -0.409 e. The third-order valence-corrected chi connectivity index (χ3v) is 5.56. The van der Waals surface area contributed by atoms with Gasteiger partial charge >= 0.3 is 0 Å². The van der Waals surface area contributed by atoms with Crippen molar-refractivity contribution in [2.24, 2.45) is 10.9 Å². The molecule has 4 N–H and O–H groups in total. The lowest BCUT2D eigenvalue weighted by molar-refractivity contribution is 0.316. The Kier molecular flexibility index (Phi) is 5.12. The molecule has 0 saturated heterocycles. The summed E-state index contributed by atoms with van der Waals surface area (Å²) < 4.78 is 26.8. The van der Waals surface area contributed by atoms with Crippen LogP contribution in [-0.4, -0.2) is 25.5 Å². The van der Waals surface area contributed by atoms with Crippen LogP contribution in [0.5, 0.6) is 0 Å². The van der Waals surface area contributed by atoms with Gasteiger partial charge in [-0.05, 0) is 25.5 Å². The Morgan fingerprint density at radius 2 is 2.28 bits per heavy atom. The van der Waals surface area contributed by atoms with Gasteiger partial charge in [-0.15, -0.1) is 11.3 Å². The first-order valence-electron chi connectivity index (χ1n) is 5.46. The Morgan fingerprint density at radius 1 is 1.61 bits per heavy atom. The number of nitrogens with one attached hydrogen (secondary N) is 1. The average Bonchev–Trinajstić information content (AvgIpc) is 2.77. The molecule has 0 fully saturated rings. The van der Waals surface area contributed by atoms with E-state index in [1.54, 1.807) is 19.1 Å². The SMILES string of the molecule is CCc1ccc(S(=O)(=O)NC(C)CC(N)=NO)s1. The Balaban J connectivity index is 2.76. The van der Waals surface area contributed by atoms with Crippen LogP contribution in [0.4, 0.5) is 0 Å². The fraction of sp³-hybridized carbons (Fsp3) is 0.500. The maximum Gasteiger partial charge on any atom is 0.250 e. The summed E-state index contributed by atoms with van der Waals surface area (Å²) in [7, 11) is -3.53. The van der Waals surface area contributed by atoms with E-state index in [2.05, 4.69) is 9.88 Å². The topological polar surface area (TPSA) is 105 Å². The normalized spacial score (nSPS) is 14.7. The van der Waals surface area contributed by atoms with Crippen LogP contribution in [0, 0.1) is 0 Å². The van der Waals surface area contributed by atoms with Gasteiger partial charge in [0.25, 0.3) is 0 Å². The quantitative estimate of drug-likeness (QED) is 0.316. The molecular weight excluding hydrogens is 274 g/mol. The number of oxime groups is 1. The highest BCUT2D eigenvalue weighted by Gasteiger charge is 2.19. The summed E-state index contributed by atoms with van der Waals surface area (Å²) in [5.41, 5.74) is 5.32. The van der Waals surface area contributed by atoms with Crippen molar-refractivity contribution >= 4 is 27.2 Å². The van der Waals surface area contributed by atoms with Gasteiger partial charge < -0.3 is 10.9 Å². The van der Waals surface area contributed by atoms with Crippen molar-refractivity contribution in [2.75, 3.05) is 0 Å².